The molecule has 0 unspecified atom stereocenters. The molecule has 0 bridgehead atoms. The van der Waals surface area contributed by atoms with Gasteiger partial charge in [-0.15, -0.1) is 0 Å². The van der Waals surface area contributed by atoms with Crippen molar-refractivity contribution in [2.24, 2.45) is 0 Å². The van der Waals surface area contributed by atoms with Crippen molar-refractivity contribution in [3.05, 3.63) is 0 Å². The third-order valence-corrected chi connectivity index (χ3v) is 2.61. The number of nitrogens with one attached hydrogen (secondary N) is 1. The minimum atomic E-state index is -0.607. The monoisotopic (exact) mass is 258 g/mol. The molecular formula is C12H22N2O4. The number of nitrogens with zero attached hydrogens (tertiary/aromatic N) is 1. The van der Waals surface area contributed by atoms with Gasteiger partial charge in [0.25, 0.3) is 0 Å². The zero-order valence-corrected chi connectivity index (χ0v) is 11.1. The molecule has 1 N–H and O–H groups in total. The van der Waals surface area contributed by atoms with Crippen molar-refractivity contribution in [1.82, 2.24) is 10.2 Å². The number of esters is 2. The summed E-state index contributed by atoms with van der Waals surface area (Å²) in [6, 6.07) is -0.607. The van der Waals surface area contributed by atoms with Gasteiger partial charge in [0.1, 0.15) is 6.04 Å². The molecule has 1 saturated heterocycles. The van der Waals surface area contributed by atoms with Crippen LogP contribution in [0.4, 0.5) is 0 Å². The fraction of sp³-hybridized carbons (Fsp3) is 0.833. The molecule has 1 rings (SSSR count). The molecule has 104 valence electrons. The fourth-order valence-corrected chi connectivity index (χ4v) is 1.56. The lowest BCUT2D eigenvalue weighted by atomic mass is 10.2. The molecule has 18 heavy (non-hydrogen) atoms. The molecule has 1 aliphatic rings. The molecule has 6 heteroatoms. The molecule has 1 heterocycles. The van der Waals surface area contributed by atoms with E-state index < -0.39 is 12.0 Å². The minimum Gasteiger partial charge on any atom is -0.466 e. The van der Waals surface area contributed by atoms with E-state index in [1.54, 1.807) is 13.8 Å². The summed E-state index contributed by atoms with van der Waals surface area (Å²) in [5.74, 6) is -0.772. The van der Waals surface area contributed by atoms with Crippen LogP contribution in [0.15, 0.2) is 0 Å². The number of carbonyl (C=O) groups excluding carboxylic acids is 2. The van der Waals surface area contributed by atoms with Crippen molar-refractivity contribution in [3.8, 4) is 0 Å². The second kappa shape index (κ2) is 8.05. The predicted octanol–water partition coefficient (Wildman–Crippen LogP) is -0.223. The standard InChI is InChI=1S/C12H22N2O4/c1-3-17-11(15)9-10(12(16)18-4-2)13-5-6-14-7-8-14/h10,13H,3-9H2,1-2H3/t10-/m1/s1. The lowest BCUT2D eigenvalue weighted by Crippen LogP contribution is -2.42. The Balaban J connectivity index is 2.33. The summed E-state index contributed by atoms with van der Waals surface area (Å²) in [6.45, 7) is 7.91. The number of carbonyl (C=O) groups is 2. The van der Waals surface area contributed by atoms with Crippen LogP contribution < -0.4 is 5.32 Å². The lowest BCUT2D eigenvalue weighted by Gasteiger charge is -2.16. The van der Waals surface area contributed by atoms with E-state index in [1.165, 1.54) is 0 Å². The quantitative estimate of drug-likeness (QED) is 0.455. The number of hydrogen-bond acceptors (Lipinski definition) is 6. The maximum atomic E-state index is 11.7. The Kier molecular flexibility index (Phi) is 6.67. The number of hydrogen-bond donors (Lipinski definition) is 1. The Morgan fingerprint density at radius 3 is 2.44 bits per heavy atom. The maximum Gasteiger partial charge on any atom is 0.323 e. The summed E-state index contributed by atoms with van der Waals surface area (Å²) >= 11 is 0. The van der Waals surface area contributed by atoms with Crippen LogP contribution in [0.5, 0.6) is 0 Å². The Labute approximate surface area is 108 Å². The minimum absolute atomic E-state index is 0.0205. The van der Waals surface area contributed by atoms with Gasteiger partial charge in [-0.25, -0.2) is 0 Å². The van der Waals surface area contributed by atoms with Crippen LogP contribution in [0.1, 0.15) is 20.3 Å². The first-order chi connectivity index (χ1) is 8.67. The topological polar surface area (TPSA) is 67.6 Å². The molecule has 1 atom stereocenters. The zero-order valence-electron chi connectivity index (χ0n) is 11.1. The summed E-state index contributed by atoms with van der Waals surface area (Å²) < 4.78 is 9.78. The number of ether oxygens (including phenoxy) is 2. The highest BCUT2D eigenvalue weighted by atomic mass is 16.5. The maximum absolute atomic E-state index is 11.7. The van der Waals surface area contributed by atoms with Gasteiger partial charge in [-0.1, -0.05) is 0 Å². The smallest absolute Gasteiger partial charge is 0.323 e. The second-order valence-electron chi connectivity index (χ2n) is 4.11. The van der Waals surface area contributed by atoms with Crippen molar-refractivity contribution < 1.29 is 19.1 Å². The molecule has 0 aliphatic carbocycles. The molecule has 0 saturated carbocycles. The van der Waals surface area contributed by atoms with Gasteiger partial charge < -0.3 is 14.8 Å². The molecule has 0 amide bonds. The Morgan fingerprint density at radius 2 is 1.89 bits per heavy atom. The van der Waals surface area contributed by atoms with Gasteiger partial charge in [0, 0.05) is 26.2 Å². The third-order valence-electron chi connectivity index (χ3n) is 2.61. The molecular weight excluding hydrogens is 236 g/mol. The van der Waals surface area contributed by atoms with E-state index >= 15 is 0 Å². The SMILES string of the molecule is CCOC(=O)C[C@@H](NCCN1CC1)C(=O)OCC. The van der Waals surface area contributed by atoms with Crippen LogP contribution in [0.2, 0.25) is 0 Å². The van der Waals surface area contributed by atoms with Gasteiger partial charge in [0.05, 0.1) is 19.6 Å². The average Bonchev–Trinajstić information content (AvgIpc) is 3.12. The molecule has 1 fully saturated rings. The van der Waals surface area contributed by atoms with Crippen LogP contribution in [0, 0.1) is 0 Å². The average molecular weight is 258 g/mol. The van der Waals surface area contributed by atoms with Crippen molar-refractivity contribution in [2.45, 2.75) is 26.3 Å². The third kappa shape index (κ3) is 5.97. The molecule has 1 aliphatic heterocycles. The van der Waals surface area contributed by atoms with Gasteiger partial charge >= 0.3 is 11.9 Å². The summed E-state index contributed by atoms with van der Waals surface area (Å²) in [7, 11) is 0. The Hall–Kier alpha value is -1.14. The van der Waals surface area contributed by atoms with Crippen molar-refractivity contribution >= 4 is 11.9 Å². The van der Waals surface area contributed by atoms with E-state index in [4.69, 9.17) is 9.47 Å². The molecule has 0 radical (unpaired) electrons. The first kappa shape index (κ1) is 14.9. The van der Waals surface area contributed by atoms with E-state index in [0.29, 0.717) is 19.8 Å². The van der Waals surface area contributed by atoms with Crippen LogP contribution in [-0.2, 0) is 19.1 Å². The van der Waals surface area contributed by atoms with Gasteiger partial charge in [-0.3, -0.25) is 14.5 Å². The van der Waals surface area contributed by atoms with Crippen LogP contribution in [0.3, 0.4) is 0 Å². The summed E-state index contributed by atoms with van der Waals surface area (Å²) in [6.07, 6.45) is 0.0205. The second-order valence-corrected chi connectivity index (χ2v) is 4.11. The van der Waals surface area contributed by atoms with Crippen LogP contribution in [-0.4, -0.2) is 62.3 Å². The van der Waals surface area contributed by atoms with Gasteiger partial charge in [0.15, 0.2) is 0 Å². The van der Waals surface area contributed by atoms with E-state index in [9.17, 15) is 9.59 Å². The molecule has 0 aromatic rings. The van der Waals surface area contributed by atoms with E-state index in [-0.39, 0.29) is 12.4 Å². The molecule has 6 nitrogen and oxygen atoms in total. The van der Waals surface area contributed by atoms with E-state index in [2.05, 4.69) is 10.2 Å². The van der Waals surface area contributed by atoms with E-state index in [1.807, 2.05) is 0 Å². The number of rotatable bonds is 9. The molecule has 0 aromatic carbocycles. The summed E-state index contributed by atoms with van der Waals surface area (Å²) in [5, 5.41) is 3.05. The summed E-state index contributed by atoms with van der Waals surface area (Å²) in [4.78, 5) is 25.3. The normalized spacial score (nSPS) is 16.1. The van der Waals surface area contributed by atoms with Crippen LogP contribution in [0.25, 0.3) is 0 Å². The first-order valence-corrected chi connectivity index (χ1v) is 6.45. The van der Waals surface area contributed by atoms with Crippen LogP contribution >= 0.6 is 0 Å². The van der Waals surface area contributed by atoms with Crippen molar-refractivity contribution in [2.75, 3.05) is 39.4 Å². The largest absolute Gasteiger partial charge is 0.466 e. The highest BCUT2D eigenvalue weighted by molar-refractivity contribution is 5.82. The molecule has 0 aromatic heterocycles. The van der Waals surface area contributed by atoms with Gasteiger partial charge in [-0.05, 0) is 13.8 Å². The van der Waals surface area contributed by atoms with Crippen molar-refractivity contribution in [1.29, 1.82) is 0 Å². The fourth-order valence-electron chi connectivity index (χ4n) is 1.56. The Morgan fingerprint density at radius 1 is 1.22 bits per heavy atom. The highest BCUT2D eigenvalue weighted by Gasteiger charge is 2.24. The van der Waals surface area contributed by atoms with E-state index in [0.717, 1.165) is 19.6 Å². The van der Waals surface area contributed by atoms with Gasteiger partial charge in [-0.2, -0.15) is 0 Å². The van der Waals surface area contributed by atoms with Crippen molar-refractivity contribution in [3.63, 3.8) is 0 Å². The Bertz CT molecular complexity index is 279. The van der Waals surface area contributed by atoms with Gasteiger partial charge in [0.2, 0.25) is 0 Å². The highest BCUT2D eigenvalue weighted by Crippen LogP contribution is 2.02. The predicted molar refractivity (Wildman–Crippen MR) is 66.1 cm³/mol. The lowest BCUT2D eigenvalue weighted by molar-refractivity contribution is -0.152. The molecule has 0 spiro atoms. The zero-order chi connectivity index (χ0) is 13.4. The first-order valence-electron chi connectivity index (χ1n) is 6.45. The summed E-state index contributed by atoms with van der Waals surface area (Å²) in [5.41, 5.74) is 0.